The predicted octanol–water partition coefficient (Wildman–Crippen LogP) is 3.37. The number of rotatable bonds is 7. The molecule has 4 atom stereocenters. The number of allylic oxidation sites excluding steroid dienone is 1. The molecule has 0 saturated carbocycles. The number of carbonyl (C=O) groups is 3. The van der Waals surface area contributed by atoms with Crippen molar-refractivity contribution in [3.63, 3.8) is 0 Å². The molecule has 178 valence electrons. The summed E-state index contributed by atoms with van der Waals surface area (Å²) in [7, 11) is 0. The summed E-state index contributed by atoms with van der Waals surface area (Å²) in [6, 6.07) is 7.84. The lowest BCUT2D eigenvalue weighted by atomic mass is 9.86. The van der Waals surface area contributed by atoms with Crippen LogP contribution in [-0.4, -0.2) is 46.6 Å². The van der Waals surface area contributed by atoms with Crippen LogP contribution in [-0.2, 0) is 25.5 Å². The molecule has 1 saturated heterocycles. The molecule has 4 unspecified atom stereocenters. The first-order valence-electron chi connectivity index (χ1n) is 11.9. The molecule has 1 aromatic rings. The quantitative estimate of drug-likeness (QED) is 0.386. The molecule has 0 spiro atoms. The predicted molar refractivity (Wildman–Crippen MR) is 123 cm³/mol. The fraction of sp³-hybridized carbons (Fsp3) is 0.577. The first-order valence-corrected chi connectivity index (χ1v) is 11.9. The summed E-state index contributed by atoms with van der Waals surface area (Å²) in [6.07, 6.45) is 6.45. The first kappa shape index (κ1) is 23.5. The number of likely N-dealkylation sites (tertiary alicyclic amines) is 1. The Balaban J connectivity index is 1.65. The summed E-state index contributed by atoms with van der Waals surface area (Å²) in [6.45, 7) is 7.59. The summed E-state index contributed by atoms with van der Waals surface area (Å²) >= 11 is 0. The molecule has 4 rings (SSSR count). The largest absolute Gasteiger partial charge is 0.488 e. The summed E-state index contributed by atoms with van der Waals surface area (Å²) in [5.74, 6) is -1.34. The highest BCUT2D eigenvalue weighted by Crippen LogP contribution is 2.40. The molecule has 2 aliphatic heterocycles. The van der Waals surface area contributed by atoms with Crippen LogP contribution in [0.2, 0.25) is 0 Å². The van der Waals surface area contributed by atoms with E-state index in [4.69, 9.17) is 9.47 Å². The number of amides is 2. The van der Waals surface area contributed by atoms with Gasteiger partial charge in [-0.25, -0.2) is 4.79 Å². The Morgan fingerprint density at radius 2 is 1.97 bits per heavy atom. The topological polar surface area (TPSA) is 84.9 Å². The Bertz CT molecular complexity index is 941. The number of esters is 1. The van der Waals surface area contributed by atoms with Crippen LogP contribution in [0.4, 0.5) is 0 Å². The van der Waals surface area contributed by atoms with Crippen molar-refractivity contribution < 1.29 is 23.9 Å². The van der Waals surface area contributed by atoms with Gasteiger partial charge in [0.05, 0.1) is 11.8 Å². The normalized spacial score (nSPS) is 25.9. The molecule has 33 heavy (non-hydrogen) atoms. The number of nitrogens with one attached hydrogen (secondary N) is 1. The summed E-state index contributed by atoms with van der Waals surface area (Å²) in [5, 5.41) is 3.31. The molecule has 1 N–H and O–H groups in total. The number of ether oxygens (including phenoxy) is 2. The van der Waals surface area contributed by atoms with Gasteiger partial charge < -0.3 is 9.47 Å². The lowest BCUT2D eigenvalue weighted by Gasteiger charge is -2.41. The van der Waals surface area contributed by atoms with Crippen LogP contribution in [0.25, 0.3) is 0 Å². The zero-order valence-corrected chi connectivity index (χ0v) is 19.9. The number of hydrogen-bond donors (Lipinski definition) is 1. The minimum absolute atomic E-state index is 0.212. The van der Waals surface area contributed by atoms with Gasteiger partial charge in [0.2, 0.25) is 11.8 Å². The van der Waals surface area contributed by atoms with Crippen molar-refractivity contribution >= 4 is 17.8 Å². The summed E-state index contributed by atoms with van der Waals surface area (Å²) < 4.78 is 11.8. The van der Waals surface area contributed by atoms with Crippen LogP contribution in [0.1, 0.15) is 58.9 Å². The van der Waals surface area contributed by atoms with Gasteiger partial charge in [-0.3, -0.25) is 19.8 Å². The Kier molecular flexibility index (Phi) is 6.36. The van der Waals surface area contributed by atoms with Crippen molar-refractivity contribution in [1.29, 1.82) is 0 Å². The summed E-state index contributed by atoms with van der Waals surface area (Å²) in [4.78, 5) is 41.9. The van der Waals surface area contributed by atoms with E-state index >= 15 is 0 Å². The van der Waals surface area contributed by atoms with E-state index in [1.54, 1.807) is 20.8 Å². The molecule has 2 heterocycles. The maximum absolute atomic E-state index is 13.7. The molecule has 0 aromatic heterocycles. The van der Waals surface area contributed by atoms with Crippen molar-refractivity contribution in [2.24, 2.45) is 11.8 Å². The highest BCUT2D eigenvalue weighted by Gasteiger charge is 2.59. The van der Waals surface area contributed by atoms with E-state index in [0.717, 1.165) is 17.7 Å². The lowest BCUT2D eigenvalue weighted by Crippen LogP contribution is -2.68. The third-order valence-corrected chi connectivity index (χ3v) is 6.53. The van der Waals surface area contributed by atoms with Gasteiger partial charge in [0.1, 0.15) is 17.5 Å². The highest BCUT2D eigenvalue weighted by molar-refractivity contribution is 6.09. The van der Waals surface area contributed by atoms with E-state index < -0.39 is 29.1 Å². The molecule has 3 aliphatic rings. The van der Waals surface area contributed by atoms with Gasteiger partial charge in [-0.1, -0.05) is 43.7 Å². The molecule has 7 nitrogen and oxygen atoms in total. The third kappa shape index (κ3) is 4.43. The van der Waals surface area contributed by atoms with Crippen molar-refractivity contribution in [3.05, 3.63) is 42.0 Å². The fourth-order valence-corrected chi connectivity index (χ4v) is 5.08. The molecular formula is C26H34N2O5. The number of nitrogens with zero attached hydrogens (tertiary/aromatic N) is 1. The SMILES string of the molecule is CCCC(NCC1Cc2ccccc2O1)(C(=O)OC(C)(C)C)N1C(=O)C2C=CCCC2C1=O. The lowest BCUT2D eigenvalue weighted by molar-refractivity contribution is -0.180. The van der Waals surface area contributed by atoms with Gasteiger partial charge in [-0.2, -0.15) is 0 Å². The Morgan fingerprint density at radius 3 is 2.64 bits per heavy atom. The Hall–Kier alpha value is -2.67. The number of fused-ring (bicyclic) bond motifs is 2. The maximum atomic E-state index is 13.7. The van der Waals surface area contributed by atoms with Crippen LogP contribution in [0.15, 0.2) is 36.4 Å². The minimum Gasteiger partial charge on any atom is -0.488 e. The maximum Gasteiger partial charge on any atom is 0.348 e. The fourth-order valence-electron chi connectivity index (χ4n) is 5.08. The zero-order valence-electron chi connectivity index (χ0n) is 19.9. The zero-order chi connectivity index (χ0) is 23.8. The minimum atomic E-state index is -1.57. The first-order chi connectivity index (χ1) is 15.7. The van der Waals surface area contributed by atoms with Gasteiger partial charge >= 0.3 is 5.97 Å². The van der Waals surface area contributed by atoms with E-state index in [-0.39, 0.29) is 24.3 Å². The van der Waals surface area contributed by atoms with Gasteiger partial charge in [-0.15, -0.1) is 0 Å². The Labute approximate surface area is 195 Å². The Morgan fingerprint density at radius 1 is 1.21 bits per heavy atom. The molecule has 1 aromatic carbocycles. The summed E-state index contributed by atoms with van der Waals surface area (Å²) in [5.41, 5.74) is -1.23. The van der Waals surface area contributed by atoms with Crippen molar-refractivity contribution in [1.82, 2.24) is 10.2 Å². The number of imide groups is 1. The number of hydrogen-bond acceptors (Lipinski definition) is 6. The second-order valence-electron chi connectivity index (χ2n) is 10.2. The average Bonchev–Trinajstić information content (AvgIpc) is 3.29. The molecule has 1 fully saturated rings. The van der Waals surface area contributed by atoms with E-state index in [1.807, 2.05) is 43.3 Å². The third-order valence-electron chi connectivity index (χ3n) is 6.53. The standard InChI is InChI=1S/C26H34N2O5/c1-5-14-26(24(31)33-25(2,3)4,27-16-18-15-17-10-6-9-13-21(17)32-18)28-22(29)19-11-7-8-12-20(19)23(28)30/h6-7,9-11,13,18-20,27H,5,8,12,14-16H2,1-4H3. The van der Waals surface area contributed by atoms with E-state index in [9.17, 15) is 14.4 Å². The molecular weight excluding hydrogens is 420 g/mol. The van der Waals surface area contributed by atoms with Gasteiger partial charge in [0, 0.05) is 13.0 Å². The molecule has 0 bridgehead atoms. The van der Waals surface area contributed by atoms with Gasteiger partial charge in [0.15, 0.2) is 5.66 Å². The smallest absolute Gasteiger partial charge is 0.348 e. The van der Waals surface area contributed by atoms with Gasteiger partial charge in [0.25, 0.3) is 0 Å². The molecule has 1 aliphatic carbocycles. The highest BCUT2D eigenvalue weighted by atomic mass is 16.6. The van der Waals surface area contributed by atoms with Crippen molar-refractivity contribution in [2.75, 3.05) is 6.54 Å². The van der Waals surface area contributed by atoms with Crippen LogP contribution in [0, 0.1) is 11.8 Å². The van der Waals surface area contributed by atoms with Crippen LogP contribution < -0.4 is 10.1 Å². The second-order valence-corrected chi connectivity index (χ2v) is 10.2. The van der Waals surface area contributed by atoms with Crippen LogP contribution in [0.5, 0.6) is 5.75 Å². The van der Waals surface area contributed by atoms with E-state index in [1.165, 1.54) is 4.90 Å². The average molecular weight is 455 g/mol. The second kappa shape index (κ2) is 8.93. The molecule has 0 radical (unpaired) electrons. The van der Waals surface area contributed by atoms with Crippen LogP contribution in [0.3, 0.4) is 0 Å². The number of benzene rings is 1. The van der Waals surface area contributed by atoms with Crippen molar-refractivity contribution in [2.45, 2.75) is 77.2 Å². The molecule has 2 amide bonds. The molecule has 7 heteroatoms. The number of carbonyl (C=O) groups excluding carboxylic acids is 3. The van der Waals surface area contributed by atoms with E-state index in [2.05, 4.69) is 5.32 Å². The van der Waals surface area contributed by atoms with E-state index in [0.29, 0.717) is 25.8 Å². The monoisotopic (exact) mass is 454 g/mol. The number of para-hydroxylation sites is 1. The van der Waals surface area contributed by atoms with Crippen LogP contribution >= 0.6 is 0 Å². The van der Waals surface area contributed by atoms with Gasteiger partial charge in [-0.05, 0) is 51.7 Å². The van der Waals surface area contributed by atoms with Crippen molar-refractivity contribution in [3.8, 4) is 5.75 Å².